The lowest BCUT2D eigenvalue weighted by atomic mass is 10.0. The number of rotatable bonds is 3. The van der Waals surface area contributed by atoms with E-state index in [-0.39, 0.29) is 11.9 Å². The molecule has 0 fully saturated rings. The number of nitrogens with zero attached hydrogens (tertiary/aromatic N) is 1. The van der Waals surface area contributed by atoms with Crippen LogP contribution in [-0.4, -0.2) is 11.1 Å². The van der Waals surface area contributed by atoms with Gasteiger partial charge >= 0.3 is 0 Å². The maximum absolute atomic E-state index is 11.9. The number of aliphatic imine (C=N–C) groups is 1. The zero-order chi connectivity index (χ0) is 14.5. The van der Waals surface area contributed by atoms with Crippen molar-refractivity contribution in [3.8, 4) is 0 Å². The maximum atomic E-state index is 11.9. The van der Waals surface area contributed by atoms with Crippen molar-refractivity contribution >= 4 is 22.8 Å². The first-order valence-electron chi connectivity index (χ1n) is 6.90. The molecule has 1 atom stereocenters. The van der Waals surface area contributed by atoms with E-state index in [9.17, 15) is 4.79 Å². The molecule has 106 valence electrons. The normalized spacial score (nSPS) is 18.0. The lowest BCUT2D eigenvalue weighted by Gasteiger charge is -2.20. The molecule has 1 amide bonds. The standard InChI is InChI=1S/C17H16N2OS/c20-16-11-15(14-9-5-2-6-10-14)18-17(19-16)21-12-13-7-3-1-4-8-13/h1-10,15H,11-12H2,(H,18,19,20). The van der Waals surface area contributed by atoms with Crippen LogP contribution in [0.2, 0.25) is 0 Å². The van der Waals surface area contributed by atoms with Gasteiger partial charge in [-0.25, -0.2) is 0 Å². The number of thioether (sulfide) groups is 1. The molecule has 0 aliphatic carbocycles. The summed E-state index contributed by atoms with van der Waals surface area (Å²) >= 11 is 1.57. The van der Waals surface area contributed by atoms with Crippen LogP contribution in [0.4, 0.5) is 0 Å². The van der Waals surface area contributed by atoms with Crippen molar-refractivity contribution in [2.75, 3.05) is 0 Å². The molecule has 3 nitrogen and oxygen atoms in total. The molecule has 2 aromatic rings. The molecule has 0 spiro atoms. The Morgan fingerprint density at radius 1 is 1.05 bits per heavy atom. The fourth-order valence-electron chi connectivity index (χ4n) is 2.23. The number of hydrogen-bond acceptors (Lipinski definition) is 3. The fraction of sp³-hybridized carbons (Fsp3) is 0.176. The van der Waals surface area contributed by atoms with Crippen molar-refractivity contribution in [3.05, 3.63) is 71.8 Å². The van der Waals surface area contributed by atoms with Crippen molar-refractivity contribution in [3.63, 3.8) is 0 Å². The van der Waals surface area contributed by atoms with Crippen LogP contribution in [0.5, 0.6) is 0 Å². The van der Waals surface area contributed by atoms with Crippen molar-refractivity contribution in [2.45, 2.75) is 18.2 Å². The number of nitrogens with one attached hydrogen (secondary N) is 1. The summed E-state index contributed by atoms with van der Waals surface area (Å²) in [5.41, 5.74) is 2.31. The predicted octanol–water partition coefficient (Wildman–Crippen LogP) is 3.54. The highest BCUT2D eigenvalue weighted by Gasteiger charge is 2.22. The van der Waals surface area contributed by atoms with Gasteiger partial charge in [0.25, 0.3) is 0 Å². The first-order valence-corrected chi connectivity index (χ1v) is 7.89. The Kier molecular flexibility index (Phi) is 4.36. The minimum absolute atomic E-state index is 0.0365. The molecule has 4 heteroatoms. The third-order valence-corrected chi connectivity index (χ3v) is 4.26. The van der Waals surface area contributed by atoms with Crippen molar-refractivity contribution in [1.29, 1.82) is 0 Å². The SMILES string of the molecule is O=C1CC(c2ccccc2)N=C(SCc2ccccc2)N1. The Labute approximate surface area is 128 Å². The molecule has 0 bridgehead atoms. The van der Waals surface area contributed by atoms with E-state index in [1.807, 2.05) is 48.5 Å². The van der Waals surface area contributed by atoms with Gasteiger partial charge in [-0.05, 0) is 11.1 Å². The van der Waals surface area contributed by atoms with Gasteiger partial charge in [0.15, 0.2) is 5.17 Å². The summed E-state index contributed by atoms with van der Waals surface area (Å²) in [6, 6.07) is 20.1. The molecule has 0 radical (unpaired) electrons. The molecule has 1 N–H and O–H groups in total. The molecular weight excluding hydrogens is 280 g/mol. The molecule has 3 rings (SSSR count). The van der Waals surface area contributed by atoms with Gasteiger partial charge in [0, 0.05) is 5.75 Å². The predicted molar refractivity (Wildman–Crippen MR) is 87.1 cm³/mol. The Morgan fingerprint density at radius 3 is 2.43 bits per heavy atom. The van der Waals surface area contributed by atoms with Gasteiger partial charge in [-0.2, -0.15) is 0 Å². The van der Waals surface area contributed by atoms with Gasteiger partial charge in [-0.15, -0.1) is 0 Å². The highest BCUT2D eigenvalue weighted by atomic mass is 32.2. The van der Waals surface area contributed by atoms with E-state index in [4.69, 9.17) is 0 Å². The van der Waals surface area contributed by atoms with Crippen LogP contribution < -0.4 is 5.32 Å². The van der Waals surface area contributed by atoms with Crippen LogP contribution in [0.15, 0.2) is 65.7 Å². The highest BCUT2D eigenvalue weighted by Crippen LogP contribution is 2.26. The lowest BCUT2D eigenvalue weighted by molar-refractivity contribution is -0.120. The number of amides is 1. The zero-order valence-corrected chi connectivity index (χ0v) is 12.3. The molecule has 0 saturated carbocycles. The van der Waals surface area contributed by atoms with Gasteiger partial charge in [-0.1, -0.05) is 72.4 Å². The van der Waals surface area contributed by atoms with E-state index in [1.54, 1.807) is 11.8 Å². The molecule has 1 aliphatic rings. The largest absolute Gasteiger partial charge is 0.305 e. The van der Waals surface area contributed by atoms with Gasteiger partial charge in [0.2, 0.25) is 5.91 Å². The summed E-state index contributed by atoms with van der Waals surface area (Å²) in [7, 11) is 0. The number of carbonyl (C=O) groups excluding carboxylic acids is 1. The monoisotopic (exact) mass is 296 g/mol. The lowest BCUT2D eigenvalue weighted by Crippen LogP contribution is -2.34. The zero-order valence-electron chi connectivity index (χ0n) is 11.5. The minimum Gasteiger partial charge on any atom is -0.305 e. The number of benzene rings is 2. The quantitative estimate of drug-likeness (QED) is 0.941. The molecular formula is C17H16N2OS. The van der Waals surface area contributed by atoms with E-state index in [0.29, 0.717) is 11.6 Å². The van der Waals surface area contributed by atoms with E-state index in [1.165, 1.54) is 5.56 Å². The number of hydrogen-bond donors (Lipinski definition) is 1. The third-order valence-electron chi connectivity index (χ3n) is 3.30. The Morgan fingerprint density at radius 2 is 1.71 bits per heavy atom. The minimum atomic E-state index is -0.0711. The highest BCUT2D eigenvalue weighted by molar-refractivity contribution is 8.13. The van der Waals surface area contributed by atoms with E-state index < -0.39 is 0 Å². The van der Waals surface area contributed by atoms with Gasteiger partial charge in [-0.3, -0.25) is 9.79 Å². The van der Waals surface area contributed by atoms with Crippen LogP contribution in [0.1, 0.15) is 23.6 Å². The summed E-state index contributed by atoms with van der Waals surface area (Å²) in [5, 5.41) is 3.57. The first kappa shape index (κ1) is 13.9. The summed E-state index contributed by atoms with van der Waals surface area (Å²) < 4.78 is 0. The van der Waals surface area contributed by atoms with Crippen molar-refractivity contribution < 1.29 is 4.79 Å². The molecule has 1 aliphatic heterocycles. The average molecular weight is 296 g/mol. The van der Waals surface area contributed by atoms with Crippen molar-refractivity contribution in [1.82, 2.24) is 5.32 Å². The van der Waals surface area contributed by atoms with E-state index >= 15 is 0 Å². The summed E-state index contributed by atoms with van der Waals surface area (Å²) in [6.45, 7) is 0. The number of amidine groups is 1. The average Bonchev–Trinajstić information content (AvgIpc) is 2.54. The summed E-state index contributed by atoms with van der Waals surface area (Å²) in [4.78, 5) is 16.5. The van der Waals surface area contributed by atoms with Gasteiger partial charge in [0.1, 0.15) is 0 Å². The van der Waals surface area contributed by atoms with Crippen LogP contribution in [0.3, 0.4) is 0 Å². The van der Waals surface area contributed by atoms with Crippen LogP contribution in [0.25, 0.3) is 0 Å². The maximum Gasteiger partial charge on any atom is 0.228 e. The van der Waals surface area contributed by atoms with Crippen molar-refractivity contribution in [2.24, 2.45) is 4.99 Å². The molecule has 1 unspecified atom stereocenters. The first-order chi connectivity index (χ1) is 10.3. The molecule has 0 aromatic heterocycles. The second kappa shape index (κ2) is 6.59. The Bertz CT molecular complexity index is 640. The third kappa shape index (κ3) is 3.73. The fourth-order valence-corrected chi connectivity index (χ4v) is 3.12. The molecule has 2 aromatic carbocycles. The second-order valence-electron chi connectivity index (χ2n) is 4.89. The second-order valence-corrected chi connectivity index (χ2v) is 5.85. The summed E-state index contributed by atoms with van der Waals surface area (Å²) in [6.07, 6.45) is 0.416. The molecule has 1 heterocycles. The van der Waals surface area contributed by atoms with Gasteiger partial charge in [0.05, 0.1) is 12.5 Å². The smallest absolute Gasteiger partial charge is 0.228 e. The summed E-state index contributed by atoms with van der Waals surface area (Å²) in [5.74, 6) is 0.844. The molecule has 0 saturated heterocycles. The van der Waals surface area contributed by atoms with Crippen LogP contribution in [0, 0.1) is 0 Å². The molecule has 21 heavy (non-hydrogen) atoms. The Balaban J connectivity index is 1.72. The van der Waals surface area contributed by atoms with E-state index in [0.717, 1.165) is 11.3 Å². The van der Waals surface area contributed by atoms with Crippen LogP contribution >= 0.6 is 11.8 Å². The Hall–Kier alpha value is -2.07. The number of carbonyl (C=O) groups is 1. The topological polar surface area (TPSA) is 41.5 Å². The van der Waals surface area contributed by atoms with E-state index in [2.05, 4.69) is 22.4 Å². The van der Waals surface area contributed by atoms with Crippen LogP contribution in [-0.2, 0) is 10.5 Å². The van der Waals surface area contributed by atoms with Gasteiger partial charge < -0.3 is 5.32 Å².